The van der Waals surface area contributed by atoms with Gasteiger partial charge in [-0.05, 0) is 25.0 Å². The topological polar surface area (TPSA) is 75.4 Å². The molecule has 1 fully saturated rings. The Morgan fingerprint density at radius 3 is 2.74 bits per heavy atom. The lowest BCUT2D eigenvalue weighted by Gasteiger charge is -2.23. The molecular weight excluding hydrogens is 242 g/mol. The maximum absolute atomic E-state index is 12.0. The van der Waals surface area contributed by atoms with Gasteiger partial charge in [0, 0.05) is 24.7 Å². The number of likely N-dealkylation sites (tertiary alicyclic amines) is 1. The van der Waals surface area contributed by atoms with Crippen molar-refractivity contribution in [3.05, 3.63) is 35.9 Å². The predicted octanol–water partition coefficient (Wildman–Crippen LogP) is 0.366. The zero-order valence-corrected chi connectivity index (χ0v) is 10.8. The average Bonchev–Trinajstić information content (AvgIpc) is 2.93. The van der Waals surface area contributed by atoms with Crippen LogP contribution in [0.15, 0.2) is 30.3 Å². The summed E-state index contributed by atoms with van der Waals surface area (Å²) >= 11 is 0. The number of hydrogen-bond donors (Lipinski definition) is 2. The van der Waals surface area contributed by atoms with Gasteiger partial charge in [0.2, 0.25) is 5.91 Å². The summed E-state index contributed by atoms with van der Waals surface area (Å²) in [5.41, 5.74) is 6.19. The Bertz CT molecular complexity index is 447. The van der Waals surface area contributed by atoms with Crippen LogP contribution < -0.4 is 11.1 Å². The molecule has 0 aromatic heterocycles. The van der Waals surface area contributed by atoms with Crippen LogP contribution in [-0.4, -0.2) is 42.4 Å². The van der Waals surface area contributed by atoms with Crippen LogP contribution in [0.25, 0.3) is 0 Å². The summed E-state index contributed by atoms with van der Waals surface area (Å²) in [4.78, 5) is 25.6. The fourth-order valence-electron chi connectivity index (χ4n) is 2.36. The van der Waals surface area contributed by atoms with E-state index in [2.05, 4.69) is 5.32 Å². The molecular formula is C14H19N3O2. The van der Waals surface area contributed by atoms with Crippen molar-refractivity contribution in [1.82, 2.24) is 10.2 Å². The van der Waals surface area contributed by atoms with Crippen molar-refractivity contribution in [2.24, 2.45) is 5.73 Å². The van der Waals surface area contributed by atoms with E-state index in [1.165, 1.54) is 0 Å². The largest absolute Gasteiger partial charge is 0.343 e. The molecule has 0 aliphatic carbocycles. The van der Waals surface area contributed by atoms with Crippen LogP contribution in [0.1, 0.15) is 23.2 Å². The van der Waals surface area contributed by atoms with Crippen molar-refractivity contribution in [2.75, 3.05) is 19.6 Å². The highest BCUT2D eigenvalue weighted by atomic mass is 16.2. The Hall–Kier alpha value is -1.88. The van der Waals surface area contributed by atoms with Crippen molar-refractivity contribution in [3.8, 4) is 0 Å². The maximum atomic E-state index is 12.0. The van der Waals surface area contributed by atoms with Gasteiger partial charge in [0.05, 0.1) is 6.54 Å². The quantitative estimate of drug-likeness (QED) is 0.822. The van der Waals surface area contributed by atoms with E-state index in [0.29, 0.717) is 12.1 Å². The van der Waals surface area contributed by atoms with Crippen LogP contribution in [-0.2, 0) is 4.79 Å². The highest BCUT2D eigenvalue weighted by Gasteiger charge is 2.27. The number of nitrogens with two attached hydrogens (primary N) is 1. The van der Waals surface area contributed by atoms with Crippen LogP contribution in [0.5, 0.6) is 0 Å². The minimum Gasteiger partial charge on any atom is -0.343 e. The molecule has 5 nitrogen and oxygen atoms in total. The van der Waals surface area contributed by atoms with Gasteiger partial charge in [-0.15, -0.1) is 0 Å². The second-order valence-corrected chi connectivity index (χ2v) is 4.67. The van der Waals surface area contributed by atoms with Crippen molar-refractivity contribution in [1.29, 1.82) is 0 Å². The molecule has 1 unspecified atom stereocenters. The molecule has 2 amide bonds. The highest BCUT2D eigenvalue weighted by Crippen LogP contribution is 2.15. The van der Waals surface area contributed by atoms with Gasteiger partial charge in [-0.1, -0.05) is 18.2 Å². The third-order valence-corrected chi connectivity index (χ3v) is 3.41. The zero-order valence-electron chi connectivity index (χ0n) is 10.8. The molecule has 3 N–H and O–H groups in total. The number of carbonyl (C=O) groups excluding carboxylic acids is 2. The van der Waals surface area contributed by atoms with Crippen molar-refractivity contribution >= 4 is 11.8 Å². The summed E-state index contributed by atoms with van der Waals surface area (Å²) in [6.07, 6.45) is 1.94. The first-order valence-electron chi connectivity index (χ1n) is 6.55. The molecule has 2 rings (SSSR count). The van der Waals surface area contributed by atoms with Gasteiger partial charge in [0.15, 0.2) is 0 Å². The highest BCUT2D eigenvalue weighted by molar-refractivity contribution is 5.96. The molecule has 0 saturated carbocycles. The molecule has 0 bridgehead atoms. The fraction of sp³-hybridized carbons (Fsp3) is 0.429. The fourth-order valence-corrected chi connectivity index (χ4v) is 2.36. The molecule has 0 radical (unpaired) electrons. The first kappa shape index (κ1) is 13.5. The minimum atomic E-state index is -0.225. The van der Waals surface area contributed by atoms with Gasteiger partial charge in [0.25, 0.3) is 5.91 Å². The van der Waals surface area contributed by atoms with Crippen LogP contribution >= 0.6 is 0 Å². The van der Waals surface area contributed by atoms with Gasteiger partial charge in [-0.2, -0.15) is 0 Å². The SMILES string of the molecule is NCC1CCCN1C(=O)CNC(=O)c1ccccc1. The Labute approximate surface area is 112 Å². The van der Waals surface area contributed by atoms with Gasteiger partial charge in [-0.25, -0.2) is 0 Å². The average molecular weight is 261 g/mol. The molecule has 1 saturated heterocycles. The van der Waals surface area contributed by atoms with Crippen molar-refractivity contribution < 1.29 is 9.59 Å². The van der Waals surface area contributed by atoms with Crippen LogP contribution in [0.4, 0.5) is 0 Å². The zero-order chi connectivity index (χ0) is 13.7. The molecule has 0 spiro atoms. The minimum absolute atomic E-state index is 0.0320. The summed E-state index contributed by atoms with van der Waals surface area (Å²) in [5, 5.41) is 2.65. The first-order chi connectivity index (χ1) is 9.22. The Morgan fingerprint density at radius 1 is 1.32 bits per heavy atom. The molecule has 1 atom stereocenters. The van der Waals surface area contributed by atoms with Crippen LogP contribution in [0.3, 0.4) is 0 Å². The van der Waals surface area contributed by atoms with Gasteiger partial charge >= 0.3 is 0 Å². The molecule has 1 aliphatic rings. The first-order valence-corrected chi connectivity index (χ1v) is 6.55. The van der Waals surface area contributed by atoms with E-state index in [1.807, 2.05) is 6.07 Å². The monoisotopic (exact) mass is 261 g/mol. The number of nitrogens with one attached hydrogen (secondary N) is 1. The van der Waals surface area contributed by atoms with Gasteiger partial charge in [-0.3, -0.25) is 9.59 Å². The van der Waals surface area contributed by atoms with E-state index in [1.54, 1.807) is 29.2 Å². The molecule has 1 heterocycles. The normalized spacial score (nSPS) is 18.4. The Morgan fingerprint density at radius 2 is 2.05 bits per heavy atom. The number of nitrogens with zero attached hydrogens (tertiary/aromatic N) is 1. The number of hydrogen-bond acceptors (Lipinski definition) is 3. The molecule has 19 heavy (non-hydrogen) atoms. The molecule has 1 aromatic rings. The van der Waals surface area contributed by atoms with Gasteiger partial charge in [0.1, 0.15) is 0 Å². The van der Waals surface area contributed by atoms with Crippen molar-refractivity contribution in [2.45, 2.75) is 18.9 Å². The number of amides is 2. The lowest BCUT2D eigenvalue weighted by Crippen LogP contribution is -2.45. The standard InChI is InChI=1S/C14H19N3O2/c15-9-12-7-4-8-17(12)13(18)10-16-14(19)11-5-2-1-3-6-11/h1-3,5-6,12H,4,7-10,15H2,(H,16,19). The van der Waals surface area contributed by atoms with Crippen LogP contribution in [0, 0.1) is 0 Å². The Kier molecular flexibility index (Phi) is 4.52. The van der Waals surface area contributed by atoms with E-state index >= 15 is 0 Å². The Balaban J connectivity index is 1.85. The van der Waals surface area contributed by atoms with E-state index in [0.717, 1.165) is 19.4 Å². The second kappa shape index (κ2) is 6.33. The summed E-state index contributed by atoms with van der Waals surface area (Å²) in [7, 11) is 0. The summed E-state index contributed by atoms with van der Waals surface area (Å²) < 4.78 is 0. The molecule has 1 aliphatic heterocycles. The molecule has 5 heteroatoms. The van der Waals surface area contributed by atoms with E-state index in [-0.39, 0.29) is 24.4 Å². The third-order valence-electron chi connectivity index (χ3n) is 3.41. The van der Waals surface area contributed by atoms with Crippen LogP contribution in [0.2, 0.25) is 0 Å². The number of benzene rings is 1. The third kappa shape index (κ3) is 3.32. The summed E-state index contributed by atoms with van der Waals surface area (Å²) in [6, 6.07) is 9.00. The molecule has 1 aromatic carbocycles. The van der Waals surface area contributed by atoms with E-state index in [4.69, 9.17) is 5.73 Å². The molecule has 102 valence electrons. The lowest BCUT2D eigenvalue weighted by atomic mass is 10.2. The van der Waals surface area contributed by atoms with Crippen molar-refractivity contribution in [3.63, 3.8) is 0 Å². The number of rotatable bonds is 4. The smallest absolute Gasteiger partial charge is 0.251 e. The second-order valence-electron chi connectivity index (χ2n) is 4.67. The van der Waals surface area contributed by atoms with E-state index < -0.39 is 0 Å². The maximum Gasteiger partial charge on any atom is 0.251 e. The van der Waals surface area contributed by atoms with E-state index in [9.17, 15) is 9.59 Å². The summed E-state index contributed by atoms with van der Waals surface area (Å²) in [5.74, 6) is -0.283. The number of carbonyl (C=O) groups is 2. The summed E-state index contributed by atoms with van der Waals surface area (Å²) in [6.45, 7) is 1.25. The lowest BCUT2D eigenvalue weighted by molar-refractivity contribution is -0.130. The van der Waals surface area contributed by atoms with Gasteiger partial charge < -0.3 is 16.0 Å². The predicted molar refractivity (Wildman–Crippen MR) is 72.6 cm³/mol.